The maximum Gasteiger partial charge on any atom is 0.224 e. The summed E-state index contributed by atoms with van der Waals surface area (Å²) in [5.41, 5.74) is 2.57. The van der Waals surface area contributed by atoms with Crippen molar-refractivity contribution in [3.05, 3.63) is 35.4 Å². The van der Waals surface area contributed by atoms with Crippen molar-refractivity contribution in [2.75, 3.05) is 13.1 Å². The number of carbonyl (C=O) groups excluding carboxylic acids is 1. The molecular weight excluding hydrogens is 272 g/mol. The third-order valence-corrected chi connectivity index (χ3v) is 5.26. The number of rotatable bonds is 3. The molecule has 0 saturated carbocycles. The van der Waals surface area contributed by atoms with E-state index in [0.29, 0.717) is 24.3 Å². The molecule has 2 fully saturated rings. The number of hydrogen-bond donors (Lipinski definition) is 1. The van der Waals surface area contributed by atoms with E-state index in [1.807, 2.05) is 0 Å². The number of nitrogens with one attached hydrogen (secondary N) is 1. The summed E-state index contributed by atoms with van der Waals surface area (Å²) >= 11 is 0. The minimum Gasteiger partial charge on any atom is -0.335 e. The first kappa shape index (κ1) is 15.5. The summed E-state index contributed by atoms with van der Waals surface area (Å²) in [7, 11) is 0. The average Bonchev–Trinajstić information content (AvgIpc) is 3.01. The second-order valence-corrected chi connectivity index (χ2v) is 7.06. The Labute approximate surface area is 134 Å². The second kappa shape index (κ2) is 6.82. The minimum atomic E-state index is 0.253. The van der Waals surface area contributed by atoms with Crippen LogP contribution in [0.5, 0.6) is 0 Å². The average molecular weight is 300 g/mol. The Morgan fingerprint density at radius 3 is 2.68 bits per heavy atom. The first-order chi connectivity index (χ1) is 10.6. The predicted molar refractivity (Wildman–Crippen MR) is 89.7 cm³/mol. The Morgan fingerprint density at radius 2 is 2.00 bits per heavy atom. The molecule has 2 aliphatic heterocycles. The van der Waals surface area contributed by atoms with E-state index in [-0.39, 0.29) is 6.04 Å². The van der Waals surface area contributed by atoms with E-state index in [1.54, 1.807) is 0 Å². The number of carbonyl (C=O) groups is 1. The monoisotopic (exact) mass is 300 g/mol. The van der Waals surface area contributed by atoms with E-state index in [0.717, 1.165) is 25.9 Å². The lowest BCUT2D eigenvalue weighted by molar-refractivity contribution is -0.137. The molecular formula is C19H28N2O. The first-order valence-electron chi connectivity index (χ1n) is 8.74. The zero-order valence-electron chi connectivity index (χ0n) is 13.8. The summed E-state index contributed by atoms with van der Waals surface area (Å²) in [5.74, 6) is 0.869. The van der Waals surface area contributed by atoms with Gasteiger partial charge in [0.25, 0.3) is 0 Å². The Kier molecular flexibility index (Phi) is 4.82. The summed E-state index contributed by atoms with van der Waals surface area (Å²) < 4.78 is 0. The smallest absolute Gasteiger partial charge is 0.224 e. The van der Waals surface area contributed by atoms with Gasteiger partial charge in [-0.25, -0.2) is 0 Å². The van der Waals surface area contributed by atoms with E-state index < -0.39 is 0 Å². The SMILES string of the molecule is Cc1ccc(C2C(C)CCCN2C(=O)CC2CCCN2)cc1. The topological polar surface area (TPSA) is 32.3 Å². The number of hydrogen-bond acceptors (Lipinski definition) is 2. The second-order valence-electron chi connectivity index (χ2n) is 7.06. The molecule has 3 rings (SSSR count). The number of amides is 1. The van der Waals surface area contributed by atoms with Crippen LogP contribution >= 0.6 is 0 Å². The number of aryl methyl sites for hydroxylation is 1. The number of benzene rings is 1. The molecule has 1 aromatic rings. The molecule has 1 aromatic carbocycles. The van der Waals surface area contributed by atoms with Crippen LogP contribution in [0.1, 0.15) is 56.2 Å². The molecule has 0 bridgehead atoms. The zero-order chi connectivity index (χ0) is 15.5. The molecule has 1 N–H and O–H groups in total. The Bertz CT molecular complexity index is 505. The highest BCUT2D eigenvalue weighted by atomic mass is 16.2. The van der Waals surface area contributed by atoms with Crippen molar-refractivity contribution >= 4 is 5.91 Å². The Hall–Kier alpha value is -1.35. The predicted octanol–water partition coefficient (Wildman–Crippen LogP) is 3.44. The Balaban J connectivity index is 1.76. The highest BCUT2D eigenvalue weighted by molar-refractivity contribution is 5.77. The van der Waals surface area contributed by atoms with Crippen LogP contribution < -0.4 is 5.32 Å². The molecule has 0 radical (unpaired) electrons. The van der Waals surface area contributed by atoms with E-state index in [4.69, 9.17) is 0 Å². The standard InChI is InChI=1S/C19H28N2O/c1-14-7-9-16(10-8-14)19-15(2)5-4-12-21(19)18(22)13-17-6-3-11-20-17/h7-10,15,17,19-20H,3-6,11-13H2,1-2H3. The minimum absolute atomic E-state index is 0.253. The van der Waals surface area contributed by atoms with E-state index in [2.05, 4.69) is 48.3 Å². The summed E-state index contributed by atoms with van der Waals surface area (Å²) in [6, 6.07) is 9.38. The first-order valence-corrected chi connectivity index (χ1v) is 8.74. The molecule has 120 valence electrons. The van der Waals surface area contributed by atoms with Crippen LogP contribution in [-0.2, 0) is 4.79 Å². The Morgan fingerprint density at radius 1 is 1.23 bits per heavy atom. The van der Waals surface area contributed by atoms with Gasteiger partial charge in [-0.1, -0.05) is 36.8 Å². The lowest BCUT2D eigenvalue weighted by Crippen LogP contribution is -2.44. The van der Waals surface area contributed by atoms with Gasteiger partial charge in [0.1, 0.15) is 0 Å². The third kappa shape index (κ3) is 3.35. The molecule has 3 atom stereocenters. The molecule has 2 heterocycles. The van der Waals surface area contributed by atoms with Gasteiger partial charge in [0, 0.05) is 19.0 Å². The molecule has 0 aromatic heterocycles. The molecule has 0 spiro atoms. The van der Waals surface area contributed by atoms with Crippen LogP contribution in [0, 0.1) is 12.8 Å². The van der Waals surface area contributed by atoms with E-state index in [1.165, 1.54) is 24.0 Å². The fourth-order valence-corrected chi connectivity index (χ4v) is 4.00. The summed E-state index contributed by atoms with van der Waals surface area (Å²) in [5, 5.41) is 3.45. The van der Waals surface area contributed by atoms with Crippen molar-refractivity contribution in [3.63, 3.8) is 0 Å². The summed E-state index contributed by atoms with van der Waals surface area (Å²) in [4.78, 5) is 15.0. The summed E-state index contributed by atoms with van der Waals surface area (Å²) in [6.45, 7) is 6.38. The van der Waals surface area contributed by atoms with Crippen LogP contribution in [0.2, 0.25) is 0 Å². The van der Waals surface area contributed by atoms with Gasteiger partial charge in [-0.2, -0.15) is 0 Å². The summed E-state index contributed by atoms with van der Waals surface area (Å²) in [6.07, 6.45) is 5.35. The van der Waals surface area contributed by atoms with Crippen LogP contribution in [0.15, 0.2) is 24.3 Å². The largest absolute Gasteiger partial charge is 0.335 e. The van der Waals surface area contributed by atoms with Gasteiger partial charge in [0.2, 0.25) is 5.91 Å². The lowest BCUT2D eigenvalue weighted by atomic mass is 9.85. The van der Waals surface area contributed by atoms with Crippen molar-refractivity contribution in [1.29, 1.82) is 0 Å². The van der Waals surface area contributed by atoms with Crippen molar-refractivity contribution in [3.8, 4) is 0 Å². The quantitative estimate of drug-likeness (QED) is 0.927. The van der Waals surface area contributed by atoms with Gasteiger partial charge in [-0.15, -0.1) is 0 Å². The molecule has 1 amide bonds. The molecule has 22 heavy (non-hydrogen) atoms. The van der Waals surface area contributed by atoms with Gasteiger partial charge in [0.15, 0.2) is 0 Å². The number of likely N-dealkylation sites (tertiary alicyclic amines) is 1. The van der Waals surface area contributed by atoms with E-state index in [9.17, 15) is 4.79 Å². The molecule has 2 aliphatic rings. The zero-order valence-corrected chi connectivity index (χ0v) is 13.8. The maximum absolute atomic E-state index is 12.8. The van der Waals surface area contributed by atoms with Gasteiger partial charge in [0.05, 0.1) is 6.04 Å². The number of nitrogens with zero attached hydrogens (tertiary/aromatic N) is 1. The molecule has 3 nitrogen and oxygen atoms in total. The van der Waals surface area contributed by atoms with Gasteiger partial charge >= 0.3 is 0 Å². The highest BCUT2D eigenvalue weighted by Crippen LogP contribution is 2.36. The fourth-order valence-electron chi connectivity index (χ4n) is 4.00. The van der Waals surface area contributed by atoms with Crippen LogP contribution in [0.4, 0.5) is 0 Å². The van der Waals surface area contributed by atoms with Crippen molar-refractivity contribution in [2.45, 2.75) is 58.0 Å². The normalized spacial score (nSPS) is 28.8. The maximum atomic E-state index is 12.8. The number of piperidine rings is 1. The lowest BCUT2D eigenvalue weighted by Gasteiger charge is -2.41. The molecule has 3 unspecified atom stereocenters. The van der Waals surface area contributed by atoms with E-state index >= 15 is 0 Å². The third-order valence-electron chi connectivity index (χ3n) is 5.26. The van der Waals surface area contributed by atoms with Gasteiger partial charge in [-0.3, -0.25) is 4.79 Å². The van der Waals surface area contributed by atoms with Crippen LogP contribution in [0.25, 0.3) is 0 Å². The fraction of sp³-hybridized carbons (Fsp3) is 0.632. The van der Waals surface area contributed by atoms with Crippen LogP contribution in [-0.4, -0.2) is 29.9 Å². The van der Waals surface area contributed by atoms with Crippen molar-refractivity contribution in [1.82, 2.24) is 10.2 Å². The highest BCUT2D eigenvalue weighted by Gasteiger charge is 2.33. The van der Waals surface area contributed by atoms with Gasteiger partial charge in [-0.05, 0) is 50.6 Å². The van der Waals surface area contributed by atoms with Crippen molar-refractivity contribution in [2.24, 2.45) is 5.92 Å². The van der Waals surface area contributed by atoms with Crippen molar-refractivity contribution < 1.29 is 4.79 Å². The molecule has 2 saturated heterocycles. The van der Waals surface area contributed by atoms with Crippen LogP contribution in [0.3, 0.4) is 0 Å². The molecule has 3 heteroatoms. The molecule has 0 aliphatic carbocycles. The van der Waals surface area contributed by atoms with Gasteiger partial charge < -0.3 is 10.2 Å².